The van der Waals surface area contributed by atoms with Gasteiger partial charge in [-0.1, -0.05) is 41.9 Å². The van der Waals surface area contributed by atoms with E-state index in [1.807, 2.05) is 30.3 Å². The highest BCUT2D eigenvalue weighted by Gasteiger charge is 2.23. The molecule has 0 bridgehead atoms. The fourth-order valence-corrected chi connectivity index (χ4v) is 3.32. The SMILES string of the molecule is Nc1[nH]c(=O)c(C(=O)NCC2CCN(OC(=O)Cc3ccccc3)CC2)cc1Cl. The number of nitrogen functional groups attached to an aromatic ring is 1. The third-order valence-electron chi connectivity index (χ3n) is 4.81. The number of rotatable bonds is 6. The van der Waals surface area contributed by atoms with Crippen LogP contribution in [0, 0.1) is 5.92 Å². The Morgan fingerprint density at radius 3 is 2.62 bits per heavy atom. The molecule has 1 aromatic carbocycles. The summed E-state index contributed by atoms with van der Waals surface area (Å²) in [5, 5.41) is 4.55. The third-order valence-corrected chi connectivity index (χ3v) is 5.13. The number of carbonyl (C=O) groups is 2. The minimum Gasteiger partial charge on any atom is -0.384 e. The van der Waals surface area contributed by atoms with Crippen molar-refractivity contribution in [3.05, 3.63) is 62.9 Å². The van der Waals surface area contributed by atoms with Crippen LogP contribution in [0.4, 0.5) is 5.82 Å². The van der Waals surface area contributed by atoms with Gasteiger partial charge in [-0.3, -0.25) is 9.59 Å². The van der Waals surface area contributed by atoms with Crippen molar-refractivity contribution in [3.8, 4) is 0 Å². The Bertz CT molecular complexity index is 924. The molecule has 0 atom stereocenters. The van der Waals surface area contributed by atoms with E-state index in [1.165, 1.54) is 6.07 Å². The zero-order chi connectivity index (χ0) is 20.8. The van der Waals surface area contributed by atoms with Gasteiger partial charge in [0.2, 0.25) is 0 Å². The van der Waals surface area contributed by atoms with Gasteiger partial charge in [0.05, 0.1) is 11.4 Å². The van der Waals surface area contributed by atoms with E-state index in [0.717, 1.165) is 18.4 Å². The fraction of sp³-hybridized carbons (Fsp3) is 0.350. The fourth-order valence-electron chi connectivity index (χ4n) is 3.16. The second-order valence-electron chi connectivity index (χ2n) is 6.98. The molecule has 1 aliphatic rings. The molecule has 29 heavy (non-hydrogen) atoms. The van der Waals surface area contributed by atoms with E-state index in [4.69, 9.17) is 22.2 Å². The first-order valence-corrected chi connectivity index (χ1v) is 9.76. The van der Waals surface area contributed by atoms with E-state index in [1.54, 1.807) is 5.06 Å². The minimum atomic E-state index is -0.579. The first-order chi connectivity index (χ1) is 13.9. The summed E-state index contributed by atoms with van der Waals surface area (Å²) in [6.45, 7) is 1.61. The highest BCUT2D eigenvalue weighted by Crippen LogP contribution is 2.18. The molecular formula is C20H23ClN4O4. The van der Waals surface area contributed by atoms with Gasteiger partial charge in [-0.25, -0.2) is 4.79 Å². The first kappa shape index (κ1) is 20.9. The van der Waals surface area contributed by atoms with Gasteiger partial charge in [0.25, 0.3) is 11.5 Å². The standard InChI is InChI=1S/C20H23ClN4O4/c21-16-11-15(20(28)24-18(16)22)19(27)23-12-14-6-8-25(9-7-14)29-17(26)10-13-4-2-1-3-5-13/h1-5,11,14H,6-10,12H2,(H,23,27)(H3,22,24,28). The lowest BCUT2D eigenvalue weighted by Crippen LogP contribution is -2.40. The number of amides is 1. The number of hydrogen-bond acceptors (Lipinski definition) is 6. The smallest absolute Gasteiger partial charge is 0.329 e. The number of hydrogen-bond donors (Lipinski definition) is 3. The molecule has 0 spiro atoms. The Balaban J connectivity index is 1.42. The molecule has 1 aliphatic heterocycles. The number of aromatic nitrogens is 1. The highest BCUT2D eigenvalue weighted by atomic mass is 35.5. The summed E-state index contributed by atoms with van der Waals surface area (Å²) >= 11 is 5.87. The van der Waals surface area contributed by atoms with Crippen LogP contribution in [-0.2, 0) is 16.1 Å². The van der Waals surface area contributed by atoms with Gasteiger partial charge in [-0.05, 0) is 30.4 Å². The third kappa shape index (κ3) is 5.82. The first-order valence-electron chi connectivity index (χ1n) is 9.38. The Hall–Kier alpha value is -2.84. The lowest BCUT2D eigenvalue weighted by atomic mass is 9.98. The Kier molecular flexibility index (Phi) is 6.90. The van der Waals surface area contributed by atoms with Crippen LogP contribution in [0.25, 0.3) is 0 Å². The van der Waals surface area contributed by atoms with Gasteiger partial charge < -0.3 is 20.9 Å². The zero-order valence-electron chi connectivity index (χ0n) is 15.8. The predicted molar refractivity (Wildman–Crippen MR) is 109 cm³/mol. The maximum atomic E-state index is 12.2. The molecule has 4 N–H and O–H groups in total. The number of H-pyrrole nitrogens is 1. The minimum absolute atomic E-state index is 0.0300. The van der Waals surface area contributed by atoms with Crippen molar-refractivity contribution in [2.24, 2.45) is 5.92 Å². The number of anilines is 1. The number of aromatic amines is 1. The molecule has 8 nitrogen and oxygen atoms in total. The summed E-state index contributed by atoms with van der Waals surface area (Å²) in [6.07, 6.45) is 1.75. The predicted octanol–water partition coefficient (Wildman–Crippen LogP) is 1.75. The van der Waals surface area contributed by atoms with Gasteiger partial charge in [-0.2, -0.15) is 0 Å². The Morgan fingerprint density at radius 2 is 1.93 bits per heavy atom. The van der Waals surface area contributed by atoms with Gasteiger partial charge in [0.1, 0.15) is 11.4 Å². The largest absolute Gasteiger partial charge is 0.384 e. The van der Waals surface area contributed by atoms with Gasteiger partial charge in [-0.15, -0.1) is 5.06 Å². The number of nitrogens with one attached hydrogen (secondary N) is 2. The number of piperidine rings is 1. The number of benzene rings is 1. The number of pyridine rings is 1. The summed E-state index contributed by atoms with van der Waals surface area (Å²) in [5.41, 5.74) is 5.77. The number of nitrogens with zero attached hydrogens (tertiary/aromatic N) is 1. The normalized spacial score (nSPS) is 15.1. The van der Waals surface area contributed by atoms with Crippen LogP contribution in [0.3, 0.4) is 0 Å². The quantitative estimate of drug-likeness (QED) is 0.657. The lowest BCUT2D eigenvalue weighted by Gasteiger charge is -2.30. The molecule has 9 heteroatoms. The van der Waals surface area contributed by atoms with Crippen LogP contribution in [0.2, 0.25) is 5.02 Å². The topological polar surface area (TPSA) is 118 Å². The van der Waals surface area contributed by atoms with Crippen molar-refractivity contribution in [2.45, 2.75) is 19.3 Å². The van der Waals surface area contributed by atoms with E-state index in [2.05, 4.69) is 10.3 Å². The van der Waals surface area contributed by atoms with Gasteiger partial charge in [0.15, 0.2) is 0 Å². The van der Waals surface area contributed by atoms with E-state index < -0.39 is 11.5 Å². The molecule has 0 saturated carbocycles. The molecule has 0 radical (unpaired) electrons. The van der Waals surface area contributed by atoms with E-state index in [-0.39, 0.29) is 34.7 Å². The van der Waals surface area contributed by atoms with Crippen LogP contribution < -0.4 is 16.6 Å². The number of nitrogens with two attached hydrogens (primary N) is 1. The van der Waals surface area contributed by atoms with Crippen LogP contribution in [0.15, 0.2) is 41.2 Å². The van der Waals surface area contributed by atoms with Crippen molar-refractivity contribution in [3.63, 3.8) is 0 Å². The van der Waals surface area contributed by atoms with Gasteiger partial charge in [0, 0.05) is 19.6 Å². The second kappa shape index (κ2) is 9.58. The van der Waals surface area contributed by atoms with Crippen molar-refractivity contribution >= 4 is 29.3 Å². The summed E-state index contributed by atoms with van der Waals surface area (Å²) in [4.78, 5) is 43.9. The maximum Gasteiger partial charge on any atom is 0.329 e. The van der Waals surface area contributed by atoms with E-state index in [0.29, 0.717) is 19.6 Å². The van der Waals surface area contributed by atoms with E-state index in [9.17, 15) is 14.4 Å². The highest BCUT2D eigenvalue weighted by molar-refractivity contribution is 6.33. The molecule has 3 rings (SSSR count). The monoisotopic (exact) mass is 418 g/mol. The molecule has 2 heterocycles. The summed E-state index contributed by atoms with van der Waals surface area (Å²) < 4.78 is 0. The Labute approximate surface area is 172 Å². The van der Waals surface area contributed by atoms with Gasteiger partial charge >= 0.3 is 5.97 Å². The molecule has 1 amide bonds. The molecular weight excluding hydrogens is 396 g/mol. The molecule has 0 unspecified atom stereocenters. The molecule has 1 saturated heterocycles. The summed E-state index contributed by atoms with van der Waals surface area (Å²) in [5.74, 6) is -0.527. The number of halogens is 1. The maximum absolute atomic E-state index is 12.2. The van der Waals surface area contributed by atoms with Crippen LogP contribution in [-0.4, -0.2) is 41.6 Å². The molecule has 1 fully saturated rings. The average Bonchev–Trinajstić information content (AvgIpc) is 2.70. The van der Waals surface area contributed by atoms with Crippen molar-refractivity contribution < 1.29 is 14.4 Å². The van der Waals surface area contributed by atoms with Crippen molar-refractivity contribution in [1.82, 2.24) is 15.4 Å². The zero-order valence-corrected chi connectivity index (χ0v) is 16.6. The second-order valence-corrected chi connectivity index (χ2v) is 7.39. The number of hydroxylamine groups is 2. The van der Waals surface area contributed by atoms with Crippen LogP contribution in [0.5, 0.6) is 0 Å². The Morgan fingerprint density at radius 1 is 1.24 bits per heavy atom. The summed E-state index contributed by atoms with van der Waals surface area (Å²) in [6, 6.07) is 10.7. The summed E-state index contributed by atoms with van der Waals surface area (Å²) in [7, 11) is 0. The molecule has 1 aromatic heterocycles. The van der Waals surface area contributed by atoms with Crippen molar-refractivity contribution in [2.75, 3.05) is 25.4 Å². The van der Waals surface area contributed by atoms with E-state index >= 15 is 0 Å². The van der Waals surface area contributed by atoms with Crippen molar-refractivity contribution in [1.29, 1.82) is 0 Å². The molecule has 2 aromatic rings. The molecule has 154 valence electrons. The molecule has 0 aliphatic carbocycles. The van der Waals surface area contributed by atoms with Crippen LogP contribution in [0.1, 0.15) is 28.8 Å². The average molecular weight is 419 g/mol. The van der Waals surface area contributed by atoms with Crippen LogP contribution >= 0.6 is 11.6 Å². The number of carbonyl (C=O) groups excluding carboxylic acids is 2. The lowest BCUT2D eigenvalue weighted by molar-refractivity contribution is -0.195.